The van der Waals surface area contributed by atoms with Crippen LogP contribution in [0.15, 0.2) is 29.3 Å². The van der Waals surface area contributed by atoms with E-state index in [0.29, 0.717) is 0 Å². The predicted molar refractivity (Wildman–Crippen MR) is 65.4 cm³/mol. The molecule has 1 aromatic rings. The van der Waals surface area contributed by atoms with Crippen LogP contribution in [0.2, 0.25) is 0 Å². The van der Waals surface area contributed by atoms with E-state index in [0.717, 1.165) is 16.6 Å². The van der Waals surface area contributed by atoms with Crippen LogP contribution in [-0.4, -0.2) is 28.2 Å². The van der Waals surface area contributed by atoms with Gasteiger partial charge in [-0.2, -0.15) is 0 Å². The largest absolute Gasteiger partial charge is 0.394 e. The molecule has 1 atom stereocenters. The molecule has 2 N–H and O–H groups in total. The molecule has 5 heteroatoms. The zero-order valence-electron chi connectivity index (χ0n) is 8.90. The van der Waals surface area contributed by atoms with Gasteiger partial charge in [0.2, 0.25) is 0 Å². The molecule has 1 aliphatic heterocycles. The van der Waals surface area contributed by atoms with Crippen molar-refractivity contribution in [1.29, 1.82) is 0 Å². The van der Waals surface area contributed by atoms with E-state index in [2.05, 4.69) is 10.3 Å². The van der Waals surface area contributed by atoms with Crippen molar-refractivity contribution >= 4 is 22.6 Å². The van der Waals surface area contributed by atoms with Gasteiger partial charge in [0.05, 0.1) is 12.1 Å². The fraction of sp³-hybridized carbons (Fsp3) is 0.364. The summed E-state index contributed by atoms with van der Waals surface area (Å²) in [6, 6.07) is 6.11. The highest BCUT2D eigenvalue weighted by atomic mass is 32.2. The van der Waals surface area contributed by atoms with E-state index in [4.69, 9.17) is 5.11 Å². The number of amidine groups is 1. The fourth-order valence-corrected chi connectivity index (χ4v) is 2.41. The number of nitrogens with zero attached hydrogens (tertiary/aromatic N) is 1. The first-order valence-corrected chi connectivity index (χ1v) is 5.96. The Balaban J connectivity index is 2.06. The lowest BCUT2D eigenvalue weighted by atomic mass is 10.1. The van der Waals surface area contributed by atoms with Gasteiger partial charge in [0.15, 0.2) is 5.17 Å². The molecular formula is C11H13FN2OS. The second kappa shape index (κ2) is 4.43. The Hall–Kier alpha value is -1.07. The topological polar surface area (TPSA) is 44.6 Å². The van der Waals surface area contributed by atoms with Crippen LogP contribution in [0, 0.1) is 5.82 Å². The molecule has 86 valence electrons. The van der Waals surface area contributed by atoms with Gasteiger partial charge < -0.3 is 10.4 Å². The Bertz CT molecular complexity index is 407. The monoisotopic (exact) mass is 240 g/mol. The summed E-state index contributed by atoms with van der Waals surface area (Å²) in [5.41, 5.74) is 0.405. The third-order valence-corrected chi connectivity index (χ3v) is 3.56. The molecule has 3 nitrogen and oxygen atoms in total. The maximum atomic E-state index is 12.7. The first-order chi connectivity index (χ1) is 7.61. The Morgan fingerprint density at radius 3 is 2.75 bits per heavy atom. The molecule has 0 fully saturated rings. The summed E-state index contributed by atoms with van der Waals surface area (Å²) < 4.78 is 12.7. The summed E-state index contributed by atoms with van der Waals surface area (Å²) in [5, 5.41) is 13.0. The number of hydrogen-bond donors (Lipinski definition) is 2. The van der Waals surface area contributed by atoms with Crippen molar-refractivity contribution in [2.45, 2.75) is 12.5 Å². The minimum Gasteiger partial charge on any atom is -0.394 e. The summed E-state index contributed by atoms with van der Waals surface area (Å²) >= 11 is 1.56. The van der Waals surface area contributed by atoms with Gasteiger partial charge in [-0.3, -0.25) is 4.99 Å². The van der Waals surface area contributed by atoms with Crippen molar-refractivity contribution in [3.63, 3.8) is 0 Å². The zero-order valence-corrected chi connectivity index (χ0v) is 9.72. The molecule has 1 heterocycles. The van der Waals surface area contributed by atoms with Crippen LogP contribution in [-0.2, 0) is 0 Å². The van der Waals surface area contributed by atoms with Gasteiger partial charge in [0.25, 0.3) is 0 Å². The molecule has 0 aromatic heterocycles. The molecule has 1 aliphatic rings. The van der Waals surface area contributed by atoms with Gasteiger partial charge in [-0.1, -0.05) is 11.8 Å². The third-order valence-electron chi connectivity index (χ3n) is 2.33. The average molecular weight is 240 g/mol. The number of aliphatic hydroxyl groups excluding tert-OH is 1. The maximum absolute atomic E-state index is 12.7. The van der Waals surface area contributed by atoms with Crippen molar-refractivity contribution in [3.8, 4) is 0 Å². The molecule has 0 saturated carbocycles. The molecule has 16 heavy (non-hydrogen) atoms. The van der Waals surface area contributed by atoms with Gasteiger partial charge in [-0.25, -0.2) is 4.39 Å². The van der Waals surface area contributed by atoms with E-state index in [1.165, 1.54) is 12.1 Å². The molecular weight excluding hydrogens is 227 g/mol. The van der Waals surface area contributed by atoms with E-state index >= 15 is 0 Å². The van der Waals surface area contributed by atoms with Crippen molar-refractivity contribution < 1.29 is 9.50 Å². The number of thioether (sulfide) groups is 1. The Morgan fingerprint density at radius 2 is 2.19 bits per heavy atom. The number of aliphatic imine (C=N–C) groups is 1. The number of nitrogens with one attached hydrogen (secondary N) is 1. The van der Waals surface area contributed by atoms with Gasteiger partial charge in [-0.05, 0) is 31.2 Å². The highest BCUT2D eigenvalue weighted by molar-refractivity contribution is 8.14. The summed E-state index contributed by atoms with van der Waals surface area (Å²) in [6.07, 6.45) is 0. The quantitative estimate of drug-likeness (QED) is 0.832. The van der Waals surface area contributed by atoms with Gasteiger partial charge >= 0.3 is 0 Å². The first kappa shape index (κ1) is 11.4. The van der Waals surface area contributed by atoms with E-state index < -0.39 is 5.54 Å². The highest BCUT2D eigenvalue weighted by Gasteiger charge is 2.29. The lowest BCUT2D eigenvalue weighted by molar-refractivity contribution is 0.227. The van der Waals surface area contributed by atoms with Crippen LogP contribution in [0.5, 0.6) is 0 Å². The summed E-state index contributed by atoms with van der Waals surface area (Å²) in [7, 11) is 0. The third kappa shape index (κ3) is 2.54. The fourth-order valence-electron chi connectivity index (χ4n) is 1.34. The van der Waals surface area contributed by atoms with Crippen LogP contribution in [0.4, 0.5) is 10.1 Å². The number of halogens is 1. The van der Waals surface area contributed by atoms with Gasteiger partial charge in [0, 0.05) is 11.4 Å². The Morgan fingerprint density at radius 1 is 1.50 bits per heavy atom. The lowest BCUT2D eigenvalue weighted by Crippen LogP contribution is -2.26. The molecule has 0 aliphatic carbocycles. The molecule has 0 radical (unpaired) electrons. The minimum atomic E-state index is -0.396. The minimum absolute atomic E-state index is 0.0363. The van der Waals surface area contributed by atoms with Crippen LogP contribution in [0.25, 0.3) is 0 Å². The van der Waals surface area contributed by atoms with Crippen LogP contribution >= 0.6 is 11.8 Å². The van der Waals surface area contributed by atoms with Gasteiger partial charge in [-0.15, -0.1) is 0 Å². The standard InChI is InChI=1S/C11H13FN2OS/c1-11(6-15)7-16-10(14-11)13-9-4-2-8(12)3-5-9/h2-5,15H,6-7H2,1H3,(H,13,14)/t11-/m1/s1. The highest BCUT2D eigenvalue weighted by Crippen LogP contribution is 2.27. The van der Waals surface area contributed by atoms with E-state index in [1.54, 1.807) is 23.9 Å². The number of anilines is 1. The number of hydrogen-bond acceptors (Lipinski definition) is 4. The second-order valence-corrected chi connectivity index (χ2v) is 4.96. The normalized spacial score (nSPS) is 24.3. The molecule has 1 aromatic carbocycles. The van der Waals surface area contributed by atoms with Crippen molar-refractivity contribution in [3.05, 3.63) is 30.1 Å². The number of aliphatic hydroxyl groups is 1. The predicted octanol–water partition coefficient (Wildman–Crippen LogP) is 2.09. The van der Waals surface area contributed by atoms with E-state index in [-0.39, 0.29) is 12.4 Å². The SMILES string of the molecule is C[C@@]1(CO)CSC(Nc2ccc(F)cc2)=N1. The van der Waals surface area contributed by atoms with Crippen molar-refractivity contribution in [1.82, 2.24) is 0 Å². The first-order valence-electron chi connectivity index (χ1n) is 4.97. The smallest absolute Gasteiger partial charge is 0.161 e. The molecule has 0 amide bonds. The molecule has 0 bridgehead atoms. The van der Waals surface area contributed by atoms with Crippen LogP contribution in [0.3, 0.4) is 0 Å². The van der Waals surface area contributed by atoms with Crippen LogP contribution < -0.4 is 5.32 Å². The summed E-state index contributed by atoms with van der Waals surface area (Å²) in [5.74, 6) is 0.499. The number of benzene rings is 1. The molecule has 0 saturated heterocycles. The zero-order chi connectivity index (χ0) is 11.6. The van der Waals surface area contributed by atoms with Gasteiger partial charge in [0.1, 0.15) is 5.82 Å². The van der Waals surface area contributed by atoms with E-state index in [1.807, 2.05) is 6.92 Å². The maximum Gasteiger partial charge on any atom is 0.161 e. The van der Waals surface area contributed by atoms with Crippen molar-refractivity contribution in [2.75, 3.05) is 17.7 Å². The number of rotatable bonds is 2. The lowest BCUT2D eigenvalue weighted by Gasteiger charge is -2.14. The van der Waals surface area contributed by atoms with E-state index in [9.17, 15) is 4.39 Å². The molecule has 2 rings (SSSR count). The Kier molecular flexibility index (Phi) is 3.16. The summed E-state index contributed by atoms with van der Waals surface area (Å²) in [6.45, 7) is 1.94. The molecule has 0 unspecified atom stereocenters. The summed E-state index contributed by atoms with van der Waals surface area (Å²) in [4.78, 5) is 4.38. The second-order valence-electron chi connectivity index (χ2n) is 3.99. The van der Waals surface area contributed by atoms with Crippen LogP contribution in [0.1, 0.15) is 6.92 Å². The molecule has 0 spiro atoms. The Labute approximate surface area is 97.8 Å². The average Bonchev–Trinajstić information content (AvgIpc) is 2.65. The van der Waals surface area contributed by atoms with Crippen molar-refractivity contribution in [2.24, 2.45) is 4.99 Å².